The number of aliphatic carboxylic acids is 1. The van der Waals surface area contributed by atoms with Crippen LogP contribution in [0.1, 0.15) is 22.3 Å². The molecule has 40 heavy (non-hydrogen) atoms. The molecule has 0 fully saturated rings. The average Bonchev–Trinajstić information content (AvgIpc) is 2.89. The number of ether oxygens (including phenoxy) is 2. The summed E-state index contributed by atoms with van der Waals surface area (Å²) in [7, 11) is 0. The number of halogens is 2. The van der Waals surface area contributed by atoms with Crippen molar-refractivity contribution in [3.05, 3.63) is 123 Å². The fraction of sp³-hybridized carbons (Fsp3) is 0.167. The van der Waals surface area contributed by atoms with Gasteiger partial charge in [-0.25, -0.2) is 13.6 Å². The first kappa shape index (κ1) is 28.0. The van der Waals surface area contributed by atoms with Crippen molar-refractivity contribution in [1.82, 2.24) is 0 Å². The van der Waals surface area contributed by atoms with Gasteiger partial charge in [-0.05, 0) is 61.4 Å². The summed E-state index contributed by atoms with van der Waals surface area (Å²) < 4.78 is 39.2. The van der Waals surface area contributed by atoms with E-state index in [4.69, 9.17) is 14.6 Å². The van der Waals surface area contributed by atoms with E-state index in [-0.39, 0.29) is 24.3 Å². The minimum Gasteiger partial charge on any atom is -0.482 e. The second kappa shape index (κ2) is 12.2. The van der Waals surface area contributed by atoms with Gasteiger partial charge in [-0.1, -0.05) is 24.3 Å². The third kappa shape index (κ3) is 7.10. The van der Waals surface area contributed by atoms with Gasteiger partial charge >= 0.3 is 5.97 Å². The maximum Gasteiger partial charge on any atom is 0.341 e. The molecule has 0 aromatic heterocycles. The summed E-state index contributed by atoms with van der Waals surface area (Å²) in [6.45, 7) is 3.32. The second-order valence-electron chi connectivity index (χ2n) is 9.18. The molecule has 1 N–H and O–H groups in total. The zero-order valence-electron chi connectivity index (χ0n) is 21.8. The van der Waals surface area contributed by atoms with Gasteiger partial charge in [0, 0.05) is 42.5 Å². The smallest absolute Gasteiger partial charge is 0.341 e. The van der Waals surface area contributed by atoms with E-state index < -0.39 is 29.1 Å². The van der Waals surface area contributed by atoms with Crippen molar-refractivity contribution < 1.29 is 33.1 Å². The van der Waals surface area contributed by atoms with Crippen molar-refractivity contribution in [2.45, 2.75) is 26.9 Å². The fourth-order valence-electron chi connectivity index (χ4n) is 4.25. The van der Waals surface area contributed by atoms with Gasteiger partial charge in [0.2, 0.25) is 0 Å². The lowest BCUT2D eigenvalue weighted by atomic mass is 10.1. The Bertz CT molecular complexity index is 1540. The Morgan fingerprint density at radius 2 is 1.65 bits per heavy atom. The first-order valence-electron chi connectivity index (χ1n) is 12.2. The molecule has 206 valence electrons. The molecule has 0 aliphatic heterocycles. The first-order chi connectivity index (χ1) is 19.1. The van der Waals surface area contributed by atoms with Gasteiger partial charge in [0.25, 0.3) is 5.69 Å². The average molecular weight is 549 g/mol. The minimum atomic E-state index is -1.09. The maximum atomic E-state index is 14.5. The Morgan fingerprint density at radius 3 is 2.33 bits per heavy atom. The zero-order valence-corrected chi connectivity index (χ0v) is 21.8. The molecular formula is C30H26F2N2O6. The highest BCUT2D eigenvalue weighted by molar-refractivity contribution is 5.68. The van der Waals surface area contributed by atoms with E-state index in [9.17, 15) is 23.7 Å². The number of hydrogen-bond acceptors (Lipinski definition) is 6. The van der Waals surface area contributed by atoms with E-state index in [0.717, 1.165) is 17.2 Å². The van der Waals surface area contributed by atoms with Gasteiger partial charge in [0.15, 0.2) is 6.61 Å². The number of carboxylic acid groups (broad SMARTS) is 1. The monoisotopic (exact) mass is 548 g/mol. The zero-order chi connectivity index (χ0) is 28.8. The van der Waals surface area contributed by atoms with Crippen LogP contribution in [0.5, 0.6) is 17.2 Å². The Balaban J connectivity index is 1.58. The molecular weight excluding hydrogens is 522 g/mol. The van der Waals surface area contributed by atoms with Crippen LogP contribution >= 0.6 is 0 Å². The van der Waals surface area contributed by atoms with Crippen LogP contribution in [0.25, 0.3) is 0 Å². The quantitative estimate of drug-likeness (QED) is 0.160. The molecule has 0 atom stereocenters. The number of rotatable bonds is 11. The second-order valence-corrected chi connectivity index (χ2v) is 9.18. The molecule has 0 saturated heterocycles. The molecule has 4 rings (SSSR count). The summed E-state index contributed by atoms with van der Waals surface area (Å²) >= 11 is 0. The lowest BCUT2D eigenvalue weighted by molar-refractivity contribution is -0.385. The molecule has 0 spiro atoms. The number of hydrogen-bond donors (Lipinski definition) is 1. The minimum absolute atomic E-state index is 0.0504. The number of anilines is 1. The van der Waals surface area contributed by atoms with Crippen LogP contribution in [-0.4, -0.2) is 22.6 Å². The normalized spacial score (nSPS) is 10.7. The summed E-state index contributed by atoms with van der Waals surface area (Å²) in [6.07, 6.45) is 0. The van der Waals surface area contributed by atoms with Crippen LogP contribution in [0.2, 0.25) is 0 Å². The molecule has 8 nitrogen and oxygen atoms in total. The molecule has 0 aliphatic rings. The highest BCUT2D eigenvalue weighted by Gasteiger charge is 2.20. The van der Waals surface area contributed by atoms with Gasteiger partial charge in [-0.3, -0.25) is 10.1 Å². The number of carbonyl (C=O) groups is 1. The molecule has 0 aliphatic carbocycles. The Labute approximate surface area is 229 Å². The summed E-state index contributed by atoms with van der Waals surface area (Å²) in [4.78, 5) is 23.7. The first-order valence-corrected chi connectivity index (χ1v) is 12.2. The summed E-state index contributed by atoms with van der Waals surface area (Å²) in [5.41, 5.74) is 2.80. The lowest BCUT2D eigenvalue weighted by Crippen LogP contribution is -2.24. The molecule has 4 aromatic rings. The van der Waals surface area contributed by atoms with E-state index >= 15 is 0 Å². The molecule has 10 heteroatoms. The molecule has 0 radical (unpaired) electrons. The number of benzene rings is 4. The SMILES string of the molecule is Cc1cc(OCC(=O)O)cc(Oc2ccc(CN(Cc3ccc(F)cc3F)c3cccc([N+](=O)[O-])c3C)cc2)c1. The van der Waals surface area contributed by atoms with Crippen LogP contribution in [0.4, 0.5) is 20.2 Å². The number of nitrogens with zero attached hydrogens (tertiary/aromatic N) is 2. The van der Waals surface area contributed by atoms with Crippen LogP contribution in [-0.2, 0) is 17.9 Å². The van der Waals surface area contributed by atoms with Crippen LogP contribution in [0, 0.1) is 35.6 Å². The van der Waals surface area contributed by atoms with Gasteiger partial charge in [-0.2, -0.15) is 0 Å². The van der Waals surface area contributed by atoms with Crippen molar-refractivity contribution in [1.29, 1.82) is 0 Å². The number of aryl methyl sites for hydroxylation is 1. The van der Waals surface area contributed by atoms with Crippen molar-refractivity contribution >= 4 is 17.3 Å². The third-order valence-electron chi connectivity index (χ3n) is 6.11. The van der Waals surface area contributed by atoms with Crippen molar-refractivity contribution in [2.75, 3.05) is 11.5 Å². The van der Waals surface area contributed by atoms with Crippen molar-refractivity contribution in [2.24, 2.45) is 0 Å². The summed E-state index contributed by atoms with van der Waals surface area (Å²) in [6, 6.07) is 20.2. The Morgan fingerprint density at radius 1 is 0.925 bits per heavy atom. The van der Waals surface area contributed by atoms with Crippen molar-refractivity contribution in [3.63, 3.8) is 0 Å². The molecule has 0 unspecified atom stereocenters. The van der Waals surface area contributed by atoms with E-state index in [1.54, 1.807) is 54.3 Å². The van der Waals surface area contributed by atoms with Crippen LogP contribution in [0.3, 0.4) is 0 Å². The van der Waals surface area contributed by atoms with E-state index in [0.29, 0.717) is 28.5 Å². The van der Waals surface area contributed by atoms with Gasteiger partial charge in [-0.15, -0.1) is 0 Å². The Kier molecular flexibility index (Phi) is 8.58. The largest absolute Gasteiger partial charge is 0.482 e. The lowest BCUT2D eigenvalue weighted by Gasteiger charge is -2.27. The van der Waals surface area contributed by atoms with E-state index in [1.165, 1.54) is 18.2 Å². The predicted molar refractivity (Wildman–Crippen MR) is 145 cm³/mol. The number of carboxylic acids is 1. The van der Waals surface area contributed by atoms with Crippen LogP contribution < -0.4 is 14.4 Å². The molecule has 0 amide bonds. The highest BCUT2D eigenvalue weighted by Crippen LogP contribution is 2.32. The standard InChI is InChI=1S/C30H26F2N2O6/c1-19-12-25(39-18-30(35)36)15-26(13-19)40-24-10-6-21(7-11-24)16-33(17-22-8-9-23(31)14-27(22)32)28-4-3-5-29(20(28)2)34(37)38/h3-15H,16-18H2,1-2H3,(H,35,36). The Hall–Kier alpha value is -4.99. The number of nitro groups is 1. The van der Waals surface area contributed by atoms with Gasteiger partial charge in [0.1, 0.15) is 28.9 Å². The van der Waals surface area contributed by atoms with Gasteiger partial charge in [0.05, 0.1) is 10.5 Å². The van der Waals surface area contributed by atoms with Crippen molar-refractivity contribution in [3.8, 4) is 17.2 Å². The summed E-state index contributed by atoms with van der Waals surface area (Å²) in [5, 5.41) is 20.4. The third-order valence-corrected chi connectivity index (χ3v) is 6.11. The maximum absolute atomic E-state index is 14.5. The van der Waals surface area contributed by atoms with E-state index in [1.807, 2.05) is 19.1 Å². The molecule has 0 heterocycles. The molecule has 4 aromatic carbocycles. The summed E-state index contributed by atoms with van der Waals surface area (Å²) in [5.74, 6) is -1.14. The molecule has 0 saturated carbocycles. The predicted octanol–water partition coefficient (Wildman–Crippen LogP) is 6.95. The van der Waals surface area contributed by atoms with E-state index in [2.05, 4.69) is 0 Å². The van der Waals surface area contributed by atoms with Gasteiger partial charge < -0.3 is 19.5 Å². The molecule has 0 bridgehead atoms. The topological polar surface area (TPSA) is 102 Å². The number of nitro benzene ring substituents is 1. The fourth-order valence-corrected chi connectivity index (χ4v) is 4.25. The highest BCUT2D eigenvalue weighted by atomic mass is 19.1. The van der Waals surface area contributed by atoms with Crippen LogP contribution in [0.15, 0.2) is 78.9 Å².